The van der Waals surface area contributed by atoms with E-state index in [9.17, 15) is 0 Å². The Bertz CT molecular complexity index is 3730. The van der Waals surface area contributed by atoms with Crippen LogP contribution in [0.15, 0.2) is 218 Å². The minimum atomic E-state index is -0.198. The van der Waals surface area contributed by atoms with Crippen LogP contribution in [0.25, 0.3) is 100 Å². The lowest BCUT2D eigenvalue weighted by molar-refractivity contribution is 0.660. The van der Waals surface area contributed by atoms with Crippen molar-refractivity contribution in [2.75, 3.05) is 0 Å². The summed E-state index contributed by atoms with van der Waals surface area (Å²) in [5.74, 6) is 0. The molecule has 0 heteroatoms. The topological polar surface area (TPSA) is 0 Å². The first-order valence-electron chi connectivity index (χ1n) is 24.7. The summed E-state index contributed by atoms with van der Waals surface area (Å²) in [6.45, 7) is 14.4. The number of fused-ring (bicyclic) bond motifs is 9. The Morgan fingerprint density at radius 2 is 0.449 bits per heavy atom. The Kier molecular flexibility index (Phi) is 9.06. The highest BCUT2D eigenvalue weighted by Gasteiger charge is 2.39. The molecule has 330 valence electrons. The van der Waals surface area contributed by atoms with Gasteiger partial charge in [0, 0.05) is 16.2 Å². The van der Waals surface area contributed by atoms with Gasteiger partial charge < -0.3 is 0 Å². The fourth-order valence-corrected chi connectivity index (χ4v) is 12.5. The van der Waals surface area contributed by atoms with E-state index in [4.69, 9.17) is 0 Å². The number of hydrogen-bond acceptors (Lipinski definition) is 0. The number of benzene rings is 10. The smallest absolute Gasteiger partial charge is 0.0159 e. The highest BCUT2D eigenvalue weighted by molar-refractivity contribution is 5.94. The molecule has 10 aromatic carbocycles. The Morgan fingerprint density at radius 1 is 0.174 bits per heavy atom. The lowest BCUT2D eigenvalue weighted by Crippen LogP contribution is -2.15. The molecule has 0 aromatic heterocycles. The quantitative estimate of drug-likeness (QED) is 0.156. The van der Waals surface area contributed by atoms with Crippen molar-refractivity contribution in [1.82, 2.24) is 0 Å². The Morgan fingerprint density at radius 3 is 0.913 bits per heavy atom. The summed E-state index contributed by atoms with van der Waals surface area (Å²) in [5, 5.41) is 0. The van der Waals surface area contributed by atoms with E-state index in [2.05, 4.69) is 260 Å². The normalized spacial score (nSPS) is 14.9. The molecular formula is C69H54. The maximum absolute atomic E-state index is 2.50. The zero-order chi connectivity index (χ0) is 46.8. The van der Waals surface area contributed by atoms with E-state index in [1.807, 2.05) is 0 Å². The maximum Gasteiger partial charge on any atom is 0.0159 e. The average molecular weight is 883 g/mol. The van der Waals surface area contributed by atoms with E-state index in [1.54, 1.807) is 0 Å². The standard InChI is InChI=1S/C69H54/c1-67(2)61-24-16-15-23-54(61)55-34-29-49(41-64(55)67)53-31-25-45(43-17-9-7-10-18-43)37-60(53)50-30-36-59-57-33-27-47(39-63(57)69(5,6)66(59)42-50)46-26-32-56-58-35-28-48(40-65(58)68(3,4)62(56)38-46)52-22-14-13-21-51(52)44-19-11-8-12-20-44/h7-42H,1-6H3. The minimum Gasteiger partial charge on any atom is -0.0622 e. The van der Waals surface area contributed by atoms with Crippen LogP contribution < -0.4 is 0 Å². The zero-order valence-electron chi connectivity index (χ0n) is 40.3. The van der Waals surface area contributed by atoms with Crippen molar-refractivity contribution < 1.29 is 0 Å². The highest BCUT2D eigenvalue weighted by Crippen LogP contribution is 2.55. The molecule has 0 aliphatic heterocycles. The first-order chi connectivity index (χ1) is 33.5. The van der Waals surface area contributed by atoms with Gasteiger partial charge in [0.15, 0.2) is 0 Å². The molecule has 0 amide bonds. The average Bonchev–Trinajstić information content (AvgIpc) is 3.87. The maximum atomic E-state index is 2.50. The van der Waals surface area contributed by atoms with Crippen LogP contribution >= 0.6 is 0 Å². The van der Waals surface area contributed by atoms with Crippen molar-refractivity contribution in [3.8, 4) is 100 Å². The molecule has 0 saturated heterocycles. The Balaban J connectivity index is 0.859. The van der Waals surface area contributed by atoms with E-state index in [0.717, 1.165) is 0 Å². The third kappa shape index (κ3) is 6.28. The summed E-state index contributed by atoms with van der Waals surface area (Å²) in [4.78, 5) is 0. The van der Waals surface area contributed by atoms with Crippen LogP contribution in [0.5, 0.6) is 0 Å². The lowest BCUT2D eigenvalue weighted by Gasteiger charge is -2.24. The van der Waals surface area contributed by atoms with Gasteiger partial charge in [0.25, 0.3) is 0 Å². The second-order valence-electron chi connectivity index (χ2n) is 21.3. The number of hydrogen-bond donors (Lipinski definition) is 0. The van der Waals surface area contributed by atoms with Gasteiger partial charge in [-0.2, -0.15) is 0 Å². The molecular weight excluding hydrogens is 829 g/mol. The van der Waals surface area contributed by atoms with Crippen LogP contribution in [0.2, 0.25) is 0 Å². The predicted octanol–water partition coefficient (Wildman–Crippen LogP) is 18.6. The van der Waals surface area contributed by atoms with Crippen molar-refractivity contribution in [2.24, 2.45) is 0 Å². The van der Waals surface area contributed by atoms with Crippen LogP contribution in [0.1, 0.15) is 74.9 Å². The molecule has 69 heavy (non-hydrogen) atoms. The first kappa shape index (κ1) is 41.4. The Labute approximate surface area is 407 Å². The molecule has 0 spiro atoms. The van der Waals surface area contributed by atoms with Crippen LogP contribution in [-0.4, -0.2) is 0 Å². The molecule has 13 rings (SSSR count). The minimum absolute atomic E-state index is 0.0738. The summed E-state index contributed by atoms with van der Waals surface area (Å²) in [6.07, 6.45) is 0. The Hall–Kier alpha value is -7.80. The molecule has 0 N–H and O–H groups in total. The van der Waals surface area contributed by atoms with Gasteiger partial charge in [-0.25, -0.2) is 0 Å². The predicted molar refractivity (Wildman–Crippen MR) is 292 cm³/mol. The fourth-order valence-electron chi connectivity index (χ4n) is 12.5. The summed E-state index contributed by atoms with van der Waals surface area (Å²) in [7, 11) is 0. The van der Waals surface area contributed by atoms with E-state index < -0.39 is 0 Å². The van der Waals surface area contributed by atoms with Crippen molar-refractivity contribution >= 4 is 0 Å². The van der Waals surface area contributed by atoms with Crippen molar-refractivity contribution in [3.05, 3.63) is 252 Å². The molecule has 0 nitrogen and oxygen atoms in total. The van der Waals surface area contributed by atoms with Gasteiger partial charge in [-0.05, 0) is 170 Å². The molecule has 3 aliphatic carbocycles. The second-order valence-corrected chi connectivity index (χ2v) is 21.3. The molecule has 3 aliphatic rings. The van der Waals surface area contributed by atoms with Gasteiger partial charge in [0.2, 0.25) is 0 Å². The van der Waals surface area contributed by atoms with E-state index in [-0.39, 0.29) is 16.2 Å². The fraction of sp³-hybridized carbons (Fsp3) is 0.130. The number of rotatable bonds is 6. The molecule has 10 aromatic rings. The van der Waals surface area contributed by atoms with Gasteiger partial charge in [-0.1, -0.05) is 224 Å². The van der Waals surface area contributed by atoms with Crippen molar-refractivity contribution in [2.45, 2.75) is 57.8 Å². The van der Waals surface area contributed by atoms with Crippen LogP contribution in [0.3, 0.4) is 0 Å². The van der Waals surface area contributed by atoms with Gasteiger partial charge in [0.05, 0.1) is 0 Å². The second kappa shape index (κ2) is 15.1. The van der Waals surface area contributed by atoms with Gasteiger partial charge >= 0.3 is 0 Å². The van der Waals surface area contributed by atoms with Crippen LogP contribution in [0, 0.1) is 0 Å². The highest BCUT2D eigenvalue weighted by atomic mass is 14.4. The van der Waals surface area contributed by atoms with Crippen molar-refractivity contribution in [3.63, 3.8) is 0 Å². The first-order valence-corrected chi connectivity index (χ1v) is 24.7. The molecule has 0 unspecified atom stereocenters. The molecule has 0 atom stereocenters. The third-order valence-corrected chi connectivity index (χ3v) is 16.3. The van der Waals surface area contributed by atoms with Crippen LogP contribution in [0.4, 0.5) is 0 Å². The lowest BCUT2D eigenvalue weighted by atomic mass is 9.79. The van der Waals surface area contributed by atoms with E-state index >= 15 is 0 Å². The van der Waals surface area contributed by atoms with Crippen molar-refractivity contribution in [1.29, 1.82) is 0 Å². The summed E-state index contributed by atoms with van der Waals surface area (Å²) in [5.41, 5.74) is 31.0. The SMILES string of the molecule is CC1(C)c2ccccc2-c2ccc(-c3ccc(-c4ccccc4)cc3-c3ccc4c(c3)C(C)(C)c3cc(-c5ccc6c(c5)C(C)(C)c5cc(-c7ccccc7-c7ccccc7)ccc5-6)ccc3-4)cc21. The summed E-state index contributed by atoms with van der Waals surface area (Å²) >= 11 is 0. The molecule has 0 heterocycles. The van der Waals surface area contributed by atoms with Gasteiger partial charge in [0.1, 0.15) is 0 Å². The summed E-state index contributed by atoms with van der Waals surface area (Å²) < 4.78 is 0. The molecule has 0 saturated carbocycles. The zero-order valence-corrected chi connectivity index (χ0v) is 40.3. The monoisotopic (exact) mass is 882 g/mol. The van der Waals surface area contributed by atoms with Gasteiger partial charge in [-0.15, -0.1) is 0 Å². The molecule has 0 radical (unpaired) electrons. The van der Waals surface area contributed by atoms with Gasteiger partial charge in [-0.3, -0.25) is 0 Å². The molecule has 0 bridgehead atoms. The van der Waals surface area contributed by atoms with E-state index in [0.29, 0.717) is 0 Å². The third-order valence-electron chi connectivity index (χ3n) is 16.3. The molecule has 0 fully saturated rings. The van der Waals surface area contributed by atoms with Crippen LogP contribution in [-0.2, 0) is 16.2 Å². The largest absolute Gasteiger partial charge is 0.0622 e. The van der Waals surface area contributed by atoms with E-state index in [1.165, 1.54) is 134 Å². The summed E-state index contributed by atoms with van der Waals surface area (Å²) in [6, 6.07) is 82.4.